The van der Waals surface area contributed by atoms with Gasteiger partial charge < -0.3 is 5.32 Å². The quantitative estimate of drug-likeness (QED) is 0.929. The molecule has 0 bridgehead atoms. The predicted molar refractivity (Wildman–Crippen MR) is 63.5 cm³/mol. The number of alkyl halides is 3. The molecule has 0 saturated heterocycles. The summed E-state index contributed by atoms with van der Waals surface area (Å²) in [5.74, 6) is 0.222. The van der Waals surface area contributed by atoms with E-state index in [0.717, 1.165) is 11.8 Å². The minimum absolute atomic E-state index is 0.222. The third kappa shape index (κ3) is 3.43. The molecule has 2 heterocycles. The molecule has 0 fully saturated rings. The van der Waals surface area contributed by atoms with Crippen LogP contribution < -0.4 is 5.32 Å². The molecule has 96 valence electrons. The molecule has 0 spiro atoms. The Balaban J connectivity index is 1.93. The minimum atomic E-state index is -4.41. The van der Waals surface area contributed by atoms with Gasteiger partial charge in [-0.25, -0.2) is 9.97 Å². The zero-order valence-electron chi connectivity index (χ0n) is 9.24. The van der Waals surface area contributed by atoms with Crippen molar-refractivity contribution >= 4 is 17.2 Å². The first kappa shape index (κ1) is 12.8. The van der Waals surface area contributed by atoms with Crippen molar-refractivity contribution in [3.63, 3.8) is 0 Å². The summed E-state index contributed by atoms with van der Waals surface area (Å²) in [5, 5.41) is 4.75. The Kier molecular flexibility index (Phi) is 3.81. The first-order chi connectivity index (χ1) is 8.55. The molecule has 3 nitrogen and oxygen atoms in total. The SMILES string of the molecule is FC(F)(F)c1cccc(NCCc2cscn2)n1. The number of hydrogen-bond donors (Lipinski definition) is 1. The number of hydrogen-bond acceptors (Lipinski definition) is 4. The van der Waals surface area contributed by atoms with Gasteiger partial charge in [-0.05, 0) is 12.1 Å². The van der Waals surface area contributed by atoms with Crippen molar-refractivity contribution in [2.24, 2.45) is 0 Å². The van der Waals surface area contributed by atoms with Crippen LogP contribution >= 0.6 is 11.3 Å². The molecule has 0 saturated carbocycles. The van der Waals surface area contributed by atoms with Crippen molar-refractivity contribution in [2.75, 3.05) is 11.9 Å². The van der Waals surface area contributed by atoms with Gasteiger partial charge in [0.1, 0.15) is 11.5 Å². The zero-order chi connectivity index (χ0) is 13.0. The number of pyridine rings is 1. The normalized spacial score (nSPS) is 11.5. The van der Waals surface area contributed by atoms with Gasteiger partial charge in [-0.1, -0.05) is 6.07 Å². The van der Waals surface area contributed by atoms with Crippen molar-refractivity contribution in [1.29, 1.82) is 0 Å². The average molecular weight is 273 g/mol. The molecule has 2 aromatic rings. The van der Waals surface area contributed by atoms with E-state index >= 15 is 0 Å². The summed E-state index contributed by atoms with van der Waals surface area (Å²) < 4.78 is 37.2. The minimum Gasteiger partial charge on any atom is -0.370 e. The third-order valence-electron chi connectivity index (χ3n) is 2.21. The number of anilines is 1. The number of aromatic nitrogens is 2. The highest BCUT2D eigenvalue weighted by atomic mass is 32.1. The van der Waals surface area contributed by atoms with Crippen LogP contribution in [0.25, 0.3) is 0 Å². The number of rotatable bonds is 4. The monoisotopic (exact) mass is 273 g/mol. The summed E-state index contributed by atoms with van der Waals surface area (Å²) in [4.78, 5) is 7.59. The van der Waals surface area contributed by atoms with E-state index in [0.29, 0.717) is 13.0 Å². The number of nitrogens with zero attached hydrogens (tertiary/aromatic N) is 2. The second-order valence-electron chi connectivity index (χ2n) is 3.56. The summed E-state index contributed by atoms with van der Waals surface area (Å²) in [6.07, 6.45) is -3.76. The first-order valence-electron chi connectivity index (χ1n) is 5.21. The third-order valence-corrected chi connectivity index (χ3v) is 2.85. The van der Waals surface area contributed by atoms with E-state index in [1.807, 2.05) is 5.38 Å². The lowest BCUT2D eigenvalue weighted by Gasteiger charge is -2.08. The summed E-state index contributed by atoms with van der Waals surface area (Å²) in [6, 6.07) is 3.79. The Hall–Kier alpha value is -1.63. The van der Waals surface area contributed by atoms with Crippen LogP contribution in [0.1, 0.15) is 11.4 Å². The Morgan fingerprint density at radius 1 is 1.28 bits per heavy atom. The second-order valence-corrected chi connectivity index (χ2v) is 4.28. The van der Waals surface area contributed by atoms with Crippen molar-refractivity contribution in [1.82, 2.24) is 9.97 Å². The van der Waals surface area contributed by atoms with E-state index in [9.17, 15) is 13.2 Å². The van der Waals surface area contributed by atoms with E-state index in [1.54, 1.807) is 5.51 Å². The summed E-state index contributed by atoms with van der Waals surface area (Å²) in [5.41, 5.74) is 1.75. The highest BCUT2D eigenvalue weighted by Gasteiger charge is 2.32. The van der Waals surface area contributed by atoms with Gasteiger partial charge >= 0.3 is 6.18 Å². The van der Waals surface area contributed by atoms with Crippen molar-refractivity contribution in [3.05, 3.63) is 40.5 Å². The molecule has 0 aliphatic carbocycles. The van der Waals surface area contributed by atoms with Crippen molar-refractivity contribution < 1.29 is 13.2 Å². The van der Waals surface area contributed by atoms with Gasteiger partial charge in [0.2, 0.25) is 0 Å². The van der Waals surface area contributed by atoms with Crippen LogP contribution in [-0.4, -0.2) is 16.5 Å². The fourth-order valence-corrected chi connectivity index (χ4v) is 1.96. The number of thiazole rings is 1. The highest BCUT2D eigenvalue weighted by Crippen LogP contribution is 2.28. The van der Waals surface area contributed by atoms with Gasteiger partial charge in [0.15, 0.2) is 0 Å². The van der Waals surface area contributed by atoms with E-state index in [-0.39, 0.29) is 5.82 Å². The highest BCUT2D eigenvalue weighted by molar-refractivity contribution is 7.07. The van der Waals surface area contributed by atoms with Crippen LogP contribution in [0.15, 0.2) is 29.1 Å². The molecule has 0 amide bonds. The van der Waals surface area contributed by atoms with Gasteiger partial charge in [-0.15, -0.1) is 11.3 Å². The largest absolute Gasteiger partial charge is 0.433 e. The van der Waals surface area contributed by atoms with Crippen LogP contribution in [0.3, 0.4) is 0 Å². The van der Waals surface area contributed by atoms with E-state index < -0.39 is 11.9 Å². The molecule has 2 rings (SSSR count). The molecule has 1 N–H and O–H groups in total. The van der Waals surface area contributed by atoms with Gasteiger partial charge in [0.25, 0.3) is 0 Å². The lowest BCUT2D eigenvalue weighted by atomic mass is 10.3. The summed E-state index contributed by atoms with van der Waals surface area (Å²) in [6.45, 7) is 0.498. The molecule has 0 aromatic carbocycles. The molecule has 0 radical (unpaired) electrons. The Morgan fingerprint density at radius 2 is 2.11 bits per heavy atom. The molecular formula is C11H10F3N3S. The topological polar surface area (TPSA) is 37.8 Å². The fourth-order valence-electron chi connectivity index (χ4n) is 1.37. The smallest absolute Gasteiger partial charge is 0.370 e. The molecule has 18 heavy (non-hydrogen) atoms. The zero-order valence-corrected chi connectivity index (χ0v) is 10.1. The summed E-state index contributed by atoms with van der Waals surface area (Å²) in [7, 11) is 0. The molecule has 2 aromatic heterocycles. The van der Waals surface area contributed by atoms with Gasteiger partial charge in [-0.2, -0.15) is 13.2 Å². The Morgan fingerprint density at radius 3 is 2.78 bits per heavy atom. The average Bonchev–Trinajstić information content (AvgIpc) is 2.81. The van der Waals surface area contributed by atoms with Crippen LogP contribution in [0, 0.1) is 0 Å². The predicted octanol–water partition coefficient (Wildman–Crippen LogP) is 3.21. The van der Waals surface area contributed by atoms with Crippen LogP contribution in [0.5, 0.6) is 0 Å². The Labute approximate surface area is 106 Å². The second kappa shape index (κ2) is 5.34. The molecule has 0 atom stereocenters. The van der Waals surface area contributed by atoms with Gasteiger partial charge in [0, 0.05) is 18.3 Å². The maximum Gasteiger partial charge on any atom is 0.433 e. The maximum absolute atomic E-state index is 12.4. The summed E-state index contributed by atoms with van der Waals surface area (Å²) >= 11 is 1.49. The fraction of sp³-hybridized carbons (Fsp3) is 0.273. The number of nitrogens with one attached hydrogen (secondary N) is 1. The lowest BCUT2D eigenvalue weighted by Crippen LogP contribution is -2.11. The molecule has 0 aliphatic heterocycles. The molecule has 0 unspecified atom stereocenters. The molecular weight excluding hydrogens is 263 g/mol. The van der Waals surface area contributed by atoms with E-state index in [1.165, 1.54) is 23.5 Å². The van der Waals surface area contributed by atoms with Crippen LogP contribution in [0.2, 0.25) is 0 Å². The van der Waals surface area contributed by atoms with Crippen molar-refractivity contribution in [2.45, 2.75) is 12.6 Å². The van der Waals surface area contributed by atoms with E-state index in [4.69, 9.17) is 0 Å². The van der Waals surface area contributed by atoms with Gasteiger partial charge in [-0.3, -0.25) is 0 Å². The van der Waals surface area contributed by atoms with Crippen molar-refractivity contribution in [3.8, 4) is 0 Å². The number of halogens is 3. The lowest BCUT2D eigenvalue weighted by molar-refractivity contribution is -0.141. The van der Waals surface area contributed by atoms with Crippen LogP contribution in [-0.2, 0) is 12.6 Å². The first-order valence-corrected chi connectivity index (χ1v) is 6.15. The Bertz CT molecular complexity index is 496. The molecule has 0 aliphatic rings. The van der Waals surface area contributed by atoms with Gasteiger partial charge in [0.05, 0.1) is 11.2 Å². The van der Waals surface area contributed by atoms with Crippen LogP contribution in [0.4, 0.5) is 19.0 Å². The maximum atomic E-state index is 12.4. The van der Waals surface area contributed by atoms with E-state index in [2.05, 4.69) is 15.3 Å². The molecule has 7 heteroatoms. The standard InChI is InChI=1S/C11H10F3N3S/c12-11(13,14)9-2-1-3-10(17-9)15-5-4-8-6-18-7-16-8/h1-3,6-7H,4-5H2,(H,15,17).